The maximum absolute atomic E-state index is 13.0. The second kappa shape index (κ2) is 9.70. The predicted molar refractivity (Wildman–Crippen MR) is 113 cm³/mol. The van der Waals surface area contributed by atoms with E-state index in [0.717, 1.165) is 25.3 Å². The van der Waals surface area contributed by atoms with Crippen LogP contribution in [0.5, 0.6) is 0 Å². The summed E-state index contributed by atoms with van der Waals surface area (Å²) in [6.07, 6.45) is 1.90. The lowest BCUT2D eigenvalue weighted by Crippen LogP contribution is -2.42. The van der Waals surface area contributed by atoms with Crippen molar-refractivity contribution in [2.75, 3.05) is 13.1 Å². The molecule has 1 saturated heterocycles. The summed E-state index contributed by atoms with van der Waals surface area (Å²) < 4.78 is 5.35. The van der Waals surface area contributed by atoms with Crippen LogP contribution in [0.4, 0.5) is 5.69 Å². The molecule has 0 radical (unpaired) electrons. The number of benzene rings is 2. The minimum Gasteiger partial charge on any atom is -0.449 e. The highest BCUT2D eigenvalue weighted by Gasteiger charge is 2.27. The van der Waals surface area contributed by atoms with E-state index in [9.17, 15) is 24.5 Å². The third-order valence-corrected chi connectivity index (χ3v) is 5.42. The average Bonchev–Trinajstić information content (AvgIpc) is 2.78. The third-order valence-electron chi connectivity index (χ3n) is 5.10. The van der Waals surface area contributed by atoms with Gasteiger partial charge in [0.2, 0.25) is 0 Å². The van der Waals surface area contributed by atoms with Gasteiger partial charge in [-0.25, -0.2) is 4.79 Å². The molecular weight excluding hydrogens is 424 g/mol. The minimum absolute atomic E-state index is 0.00814. The van der Waals surface area contributed by atoms with Gasteiger partial charge in [-0.3, -0.25) is 19.7 Å². The lowest BCUT2D eigenvalue weighted by Gasteiger charge is -2.29. The molecule has 1 aliphatic rings. The number of carbonyl (C=O) groups excluding carboxylic acids is 3. The van der Waals surface area contributed by atoms with Gasteiger partial charge < -0.3 is 9.64 Å². The Morgan fingerprint density at radius 1 is 1.06 bits per heavy atom. The van der Waals surface area contributed by atoms with E-state index in [4.69, 9.17) is 16.3 Å². The van der Waals surface area contributed by atoms with Crippen molar-refractivity contribution >= 4 is 34.9 Å². The van der Waals surface area contributed by atoms with Crippen LogP contribution in [0.15, 0.2) is 42.5 Å². The van der Waals surface area contributed by atoms with E-state index in [2.05, 4.69) is 0 Å². The van der Waals surface area contributed by atoms with Gasteiger partial charge in [-0.05, 0) is 44.4 Å². The lowest BCUT2D eigenvalue weighted by molar-refractivity contribution is -0.384. The van der Waals surface area contributed by atoms with Crippen LogP contribution in [0.2, 0.25) is 5.02 Å². The first-order valence-electron chi connectivity index (χ1n) is 9.87. The monoisotopic (exact) mass is 444 g/mol. The number of ether oxygens (including phenoxy) is 1. The van der Waals surface area contributed by atoms with Crippen molar-refractivity contribution in [2.45, 2.75) is 32.3 Å². The van der Waals surface area contributed by atoms with Gasteiger partial charge in [0, 0.05) is 30.3 Å². The Morgan fingerprint density at radius 2 is 1.71 bits per heavy atom. The fourth-order valence-electron chi connectivity index (χ4n) is 3.45. The van der Waals surface area contributed by atoms with Gasteiger partial charge >= 0.3 is 5.97 Å². The molecule has 162 valence electrons. The minimum atomic E-state index is -0.995. The predicted octanol–water partition coefficient (Wildman–Crippen LogP) is 4.04. The van der Waals surface area contributed by atoms with Crippen molar-refractivity contribution in [1.29, 1.82) is 0 Å². The van der Waals surface area contributed by atoms with Crippen LogP contribution in [0.3, 0.4) is 0 Å². The number of nitro groups is 1. The number of amides is 1. The van der Waals surface area contributed by atoms with Crippen molar-refractivity contribution in [3.05, 3.63) is 74.3 Å². The standard InChI is InChI=1S/C22H21ClN2O6/c1-14(21(27)24-11-5-2-6-12-24)31-22(28)17-8-4-3-7-16(17)20(26)15-9-10-18(23)19(13-15)25(29)30/h3-4,7-10,13-14H,2,5-6,11-12H2,1H3/t14-/m0/s1. The van der Waals surface area contributed by atoms with Crippen LogP contribution in [0.25, 0.3) is 0 Å². The Morgan fingerprint density at radius 3 is 2.35 bits per heavy atom. The van der Waals surface area contributed by atoms with Crippen molar-refractivity contribution in [3.63, 3.8) is 0 Å². The normalized spacial score (nSPS) is 14.6. The van der Waals surface area contributed by atoms with Crippen LogP contribution in [0, 0.1) is 10.1 Å². The zero-order valence-corrected chi connectivity index (χ0v) is 17.6. The molecule has 3 rings (SSSR count). The summed E-state index contributed by atoms with van der Waals surface area (Å²) in [5.74, 6) is -1.68. The van der Waals surface area contributed by atoms with Crippen LogP contribution in [0.1, 0.15) is 52.5 Å². The smallest absolute Gasteiger partial charge is 0.339 e. The second-order valence-corrected chi connectivity index (χ2v) is 7.64. The topological polar surface area (TPSA) is 107 Å². The number of carbonyl (C=O) groups is 3. The van der Waals surface area contributed by atoms with Gasteiger partial charge in [0.1, 0.15) is 5.02 Å². The number of rotatable bonds is 6. The fourth-order valence-corrected chi connectivity index (χ4v) is 3.64. The summed E-state index contributed by atoms with van der Waals surface area (Å²) in [7, 11) is 0. The summed E-state index contributed by atoms with van der Waals surface area (Å²) in [6.45, 7) is 2.76. The molecule has 1 amide bonds. The molecule has 2 aromatic carbocycles. The Kier molecular flexibility index (Phi) is 7.02. The van der Waals surface area contributed by atoms with Gasteiger partial charge in [-0.2, -0.15) is 0 Å². The molecule has 0 aliphatic carbocycles. The molecule has 1 atom stereocenters. The van der Waals surface area contributed by atoms with Crippen LogP contribution in [-0.2, 0) is 9.53 Å². The number of likely N-dealkylation sites (tertiary alicyclic amines) is 1. The maximum atomic E-state index is 13.0. The number of hydrogen-bond donors (Lipinski definition) is 0. The molecule has 1 heterocycles. The second-order valence-electron chi connectivity index (χ2n) is 7.23. The maximum Gasteiger partial charge on any atom is 0.339 e. The molecule has 8 nitrogen and oxygen atoms in total. The molecule has 1 fully saturated rings. The SMILES string of the molecule is C[C@H](OC(=O)c1ccccc1C(=O)c1ccc(Cl)c([N+](=O)[O-])c1)C(=O)N1CCCCC1. The van der Waals surface area contributed by atoms with E-state index in [1.165, 1.54) is 31.2 Å². The highest BCUT2D eigenvalue weighted by atomic mass is 35.5. The van der Waals surface area contributed by atoms with Crippen LogP contribution in [-0.4, -0.2) is 46.7 Å². The molecule has 1 aliphatic heterocycles. The Bertz CT molecular complexity index is 1030. The molecule has 0 saturated carbocycles. The number of nitrogens with zero attached hydrogens (tertiary/aromatic N) is 2. The van der Waals surface area contributed by atoms with Crippen molar-refractivity contribution in [1.82, 2.24) is 4.90 Å². The molecular formula is C22H21ClN2O6. The number of esters is 1. The van der Waals surface area contributed by atoms with E-state index < -0.39 is 28.5 Å². The molecule has 0 spiro atoms. The molecule has 0 unspecified atom stereocenters. The Hall–Kier alpha value is -3.26. The van der Waals surface area contributed by atoms with Gasteiger partial charge in [-0.1, -0.05) is 29.8 Å². The number of hydrogen-bond acceptors (Lipinski definition) is 6. The zero-order chi connectivity index (χ0) is 22.5. The van der Waals surface area contributed by atoms with Crippen molar-refractivity contribution < 1.29 is 24.0 Å². The molecule has 0 N–H and O–H groups in total. The lowest BCUT2D eigenvalue weighted by atomic mass is 9.98. The Balaban J connectivity index is 1.82. The number of halogens is 1. The summed E-state index contributed by atoms with van der Waals surface area (Å²) in [5.41, 5.74) is -0.410. The van der Waals surface area contributed by atoms with E-state index in [-0.39, 0.29) is 27.6 Å². The number of nitro benzene ring substituents is 1. The zero-order valence-electron chi connectivity index (χ0n) is 16.9. The fraction of sp³-hybridized carbons (Fsp3) is 0.318. The largest absolute Gasteiger partial charge is 0.449 e. The van der Waals surface area contributed by atoms with Crippen LogP contribution >= 0.6 is 11.6 Å². The van der Waals surface area contributed by atoms with Crippen LogP contribution < -0.4 is 0 Å². The Labute approximate surface area is 183 Å². The summed E-state index contributed by atoms with van der Waals surface area (Å²) in [5, 5.41) is 11.0. The highest BCUT2D eigenvalue weighted by Crippen LogP contribution is 2.27. The molecule has 2 aromatic rings. The van der Waals surface area contributed by atoms with E-state index in [1.54, 1.807) is 17.0 Å². The molecule has 31 heavy (non-hydrogen) atoms. The van der Waals surface area contributed by atoms with E-state index in [1.807, 2.05) is 0 Å². The van der Waals surface area contributed by atoms with Gasteiger partial charge in [0.15, 0.2) is 11.9 Å². The van der Waals surface area contributed by atoms with Gasteiger partial charge in [0.05, 0.1) is 10.5 Å². The van der Waals surface area contributed by atoms with E-state index >= 15 is 0 Å². The van der Waals surface area contributed by atoms with Crippen molar-refractivity contribution in [2.24, 2.45) is 0 Å². The summed E-state index contributed by atoms with van der Waals surface area (Å²) in [6, 6.07) is 9.64. The number of ketones is 1. The first-order chi connectivity index (χ1) is 14.8. The molecule has 0 aromatic heterocycles. The van der Waals surface area contributed by atoms with Gasteiger partial charge in [-0.15, -0.1) is 0 Å². The van der Waals surface area contributed by atoms with E-state index in [0.29, 0.717) is 13.1 Å². The summed E-state index contributed by atoms with van der Waals surface area (Å²) >= 11 is 5.81. The molecule has 0 bridgehead atoms. The first-order valence-corrected chi connectivity index (χ1v) is 10.2. The first kappa shape index (κ1) is 22.4. The molecule has 9 heteroatoms. The summed E-state index contributed by atoms with van der Waals surface area (Å²) in [4.78, 5) is 50.4. The third kappa shape index (κ3) is 5.08. The number of piperidine rings is 1. The highest BCUT2D eigenvalue weighted by molar-refractivity contribution is 6.33. The van der Waals surface area contributed by atoms with Crippen molar-refractivity contribution in [3.8, 4) is 0 Å². The average molecular weight is 445 g/mol. The van der Waals surface area contributed by atoms with Gasteiger partial charge in [0.25, 0.3) is 11.6 Å². The quantitative estimate of drug-likeness (QED) is 0.288.